The van der Waals surface area contributed by atoms with Crippen molar-refractivity contribution in [2.24, 2.45) is 0 Å². The van der Waals surface area contributed by atoms with Crippen molar-refractivity contribution in [3.8, 4) is 5.75 Å². The van der Waals surface area contributed by atoms with Crippen molar-refractivity contribution in [3.63, 3.8) is 0 Å². The molecule has 0 fully saturated rings. The zero-order valence-electron chi connectivity index (χ0n) is 12.6. The number of fused-ring (bicyclic) bond motifs is 1. The molecule has 0 unspecified atom stereocenters. The average Bonchev–Trinajstić information content (AvgIpc) is 2.57. The van der Waals surface area contributed by atoms with E-state index in [1.54, 1.807) is 43.5 Å². The second-order valence-corrected chi connectivity index (χ2v) is 6.40. The molecule has 1 heterocycles. The summed E-state index contributed by atoms with van der Waals surface area (Å²) in [4.78, 5) is 29.1. The molecule has 0 aliphatic heterocycles. The minimum Gasteiger partial charge on any atom is -0.496 e. The second kappa shape index (κ2) is 6.75. The van der Waals surface area contributed by atoms with Crippen LogP contribution in [0.25, 0.3) is 10.9 Å². The van der Waals surface area contributed by atoms with E-state index in [2.05, 4.69) is 20.9 Å². The van der Waals surface area contributed by atoms with Crippen LogP contribution in [0.2, 0.25) is 5.02 Å². The van der Waals surface area contributed by atoms with Gasteiger partial charge in [-0.3, -0.25) is 14.2 Å². The maximum absolute atomic E-state index is 12.5. The summed E-state index contributed by atoms with van der Waals surface area (Å²) in [6.45, 7) is -0.104. The van der Waals surface area contributed by atoms with Crippen LogP contribution in [0.3, 0.4) is 0 Å². The molecule has 0 bridgehead atoms. The molecule has 122 valence electrons. The molecule has 0 amide bonds. The van der Waals surface area contributed by atoms with Gasteiger partial charge in [-0.15, -0.1) is 0 Å². The van der Waals surface area contributed by atoms with Gasteiger partial charge in [0.15, 0.2) is 5.78 Å². The molecule has 0 aliphatic rings. The number of halogens is 2. The number of rotatable bonds is 4. The number of ether oxygens (including phenoxy) is 1. The average molecular weight is 408 g/mol. The van der Waals surface area contributed by atoms with Gasteiger partial charge in [0.1, 0.15) is 5.75 Å². The zero-order valence-corrected chi connectivity index (χ0v) is 15.0. The first-order valence-corrected chi connectivity index (χ1v) is 8.18. The van der Waals surface area contributed by atoms with Crippen LogP contribution in [0.4, 0.5) is 0 Å². The van der Waals surface area contributed by atoms with Crippen LogP contribution >= 0.6 is 27.5 Å². The Kier molecular flexibility index (Phi) is 4.69. The van der Waals surface area contributed by atoms with Gasteiger partial charge < -0.3 is 4.74 Å². The summed E-state index contributed by atoms with van der Waals surface area (Å²) in [6.07, 6.45) is 1.37. The van der Waals surface area contributed by atoms with E-state index in [-0.39, 0.29) is 17.9 Å². The Bertz CT molecular complexity index is 1000. The SMILES string of the molecule is COc1ccc(C(=O)Cn2cnc3ccc(Cl)cc3c2=O)cc1Br. The predicted octanol–water partition coefficient (Wildman–Crippen LogP) is 3.70. The van der Waals surface area contributed by atoms with Crippen LogP contribution < -0.4 is 10.3 Å². The molecule has 5 nitrogen and oxygen atoms in total. The molecule has 0 spiro atoms. The first-order chi connectivity index (χ1) is 11.5. The number of methoxy groups -OCH3 is 1. The van der Waals surface area contributed by atoms with Crippen molar-refractivity contribution >= 4 is 44.2 Å². The van der Waals surface area contributed by atoms with Crippen molar-refractivity contribution < 1.29 is 9.53 Å². The quantitative estimate of drug-likeness (QED) is 0.619. The van der Waals surface area contributed by atoms with Crippen LogP contribution in [-0.4, -0.2) is 22.4 Å². The summed E-state index contributed by atoms with van der Waals surface area (Å²) >= 11 is 9.27. The highest BCUT2D eigenvalue weighted by molar-refractivity contribution is 9.10. The van der Waals surface area contributed by atoms with Gasteiger partial charge in [0, 0.05) is 10.6 Å². The molecule has 0 saturated heterocycles. The Morgan fingerprint density at radius 2 is 2.08 bits per heavy atom. The van der Waals surface area contributed by atoms with Crippen LogP contribution in [0, 0.1) is 0 Å². The third kappa shape index (κ3) is 3.20. The monoisotopic (exact) mass is 406 g/mol. The molecular formula is C17H12BrClN2O3. The van der Waals surface area contributed by atoms with E-state index in [0.29, 0.717) is 31.7 Å². The second-order valence-electron chi connectivity index (χ2n) is 5.11. The van der Waals surface area contributed by atoms with E-state index >= 15 is 0 Å². The van der Waals surface area contributed by atoms with Crippen LogP contribution in [0.1, 0.15) is 10.4 Å². The largest absolute Gasteiger partial charge is 0.496 e. The van der Waals surface area contributed by atoms with Crippen LogP contribution in [-0.2, 0) is 6.54 Å². The molecular weight excluding hydrogens is 396 g/mol. The number of aromatic nitrogens is 2. The number of hydrogen-bond acceptors (Lipinski definition) is 4. The Morgan fingerprint density at radius 3 is 2.79 bits per heavy atom. The van der Waals surface area contributed by atoms with Gasteiger partial charge in [-0.25, -0.2) is 4.98 Å². The minimum absolute atomic E-state index is 0.104. The minimum atomic E-state index is -0.302. The number of carbonyl (C=O) groups is 1. The first-order valence-electron chi connectivity index (χ1n) is 7.01. The molecule has 0 aliphatic carbocycles. The summed E-state index contributed by atoms with van der Waals surface area (Å²) in [5.74, 6) is 0.425. The standard InChI is InChI=1S/C17H12BrClN2O3/c1-24-16-5-2-10(6-13(16)18)15(22)8-21-9-20-14-4-3-11(19)7-12(14)17(21)23/h2-7,9H,8H2,1H3. The van der Waals surface area contributed by atoms with Gasteiger partial charge in [0.05, 0.1) is 35.4 Å². The molecule has 0 atom stereocenters. The van der Waals surface area contributed by atoms with E-state index in [0.717, 1.165) is 0 Å². The summed E-state index contributed by atoms with van der Waals surface area (Å²) in [5, 5.41) is 0.832. The summed E-state index contributed by atoms with van der Waals surface area (Å²) in [5.41, 5.74) is 0.712. The fraction of sp³-hybridized carbons (Fsp3) is 0.118. The number of hydrogen-bond donors (Lipinski definition) is 0. The van der Waals surface area contributed by atoms with Crippen molar-refractivity contribution in [1.82, 2.24) is 9.55 Å². The number of carbonyl (C=O) groups excluding carboxylic acids is 1. The lowest BCUT2D eigenvalue weighted by molar-refractivity contribution is 0.0970. The van der Waals surface area contributed by atoms with Crippen molar-refractivity contribution in [2.45, 2.75) is 6.54 Å². The fourth-order valence-electron chi connectivity index (χ4n) is 2.33. The maximum atomic E-state index is 12.5. The highest BCUT2D eigenvalue weighted by Gasteiger charge is 2.12. The van der Waals surface area contributed by atoms with Crippen molar-refractivity contribution in [3.05, 3.63) is 68.1 Å². The molecule has 2 aromatic carbocycles. The third-order valence-corrected chi connectivity index (χ3v) is 4.43. The molecule has 3 rings (SSSR count). The Morgan fingerprint density at radius 1 is 1.29 bits per heavy atom. The smallest absolute Gasteiger partial charge is 0.261 e. The summed E-state index contributed by atoms with van der Waals surface area (Å²) < 4.78 is 7.09. The molecule has 7 heteroatoms. The lowest BCUT2D eigenvalue weighted by Crippen LogP contribution is -2.24. The van der Waals surface area contributed by atoms with Gasteiger partial charge in [-0.1, -0.05) is 11.6 Å². The van der Waals surface area contributed by atoms with E-state index in [1.807, 2.05) is 0 Å². The molecule has 0 radical (unpaired) electrons. The summed E-state index contributed by atoms with van der Waals surface area (Å²) in [7, 11) is 1.55. The molecule has 1 aromatic heterocycles. The van der Waals surface area contributed by atoms with E-state index in [9.17, 15) is 9.59 Å². The lowest BCUT2D eigenvalue weighted by atomic mass is 10.1. The third-order valence-electron chi connectivity index (χ3n) is 3.57. The van der Waals surface area contributed by atoms with E-state index in [1.165, 1.54) is 10.9 Å². The highest BCUT2D eigenvalue weighted by Crippen LogP contribution is 2.25. The number of benzene rings is 2. The van der Waals surface area contributed by atoms with E-state index < -0.39 is 0 Å². The lowest BCUT2D eigenvalue weighted by Gasteiger charge is -2.08. The topological polar surface area (TPSA) is 61.2 Å². The number of ketones is 1. The zero-order chi connectivity index (χ0) is 17.3. The molecule has 0 N–H and O–H groups in total. The molecule has 24 heavy (non-hydrogen) atoms. The maximum Gasteiger partial charge on any atom is 0.261 e. The normalized spacial score (nSPS) is 10.8. The predicted molar refractivity (Wildman–Crippen MR) is 96.0 cm³/mol. The molecule has 0 saturated carbocycles. The van der Waals surface area contributed by atoms with Crippen molar-refractivity contribution in [2.75, 3.05) is 7.11 Å². The van der Waals surface area contributed by atoms with Crippen LogP contribution in [0.5, 0.6) is 5.75 Å². The van der Waals surface area contributed by atoms with Gasteiger partial charge in [-0.05, 0) is 52.3 Å². The highest BCUT2D eigenvalue weighted by atomic mass is 79.9. The van der Waals surface area contributed by atoms with Crippen molar-refractivity contribution in [1.29, 1.82) is 0 Å². The van der Waals surface area contributed by atoms with E-state index in [4.69, 9.17) is 16.3 Å². The summed E-state index contributed by atoms with van der Waals surface area (Å²) in [6, 6.07) is 9.90. The van der Waals surface area contributed by atoms with Gasteiger partial charge in [-0.2, -0.15) is 0 Å². The Labute approximate surface area is 151 Å². The molecule has 3 aromatic rings. The van der Waals surface area contributed by atoms with Gasteiger partial charge >= 0.3 is 0 Å². The van der Waals surface area contributed by atoms with Crippen LogP contribution in [0.15, 0.2) is 52.0 Å². The first kappa shape index (κ1) is 16.7. The fourth-order valence-corrected chi connectivity index (χ4v) is 3.04. The number of nitrogens with zero attached hydrogens (tertiary/aromatic N) is 2. The Balaban J connectivity index is 1.94. The number of Topliss-reactive ketones (excluding diaryl/α,β-unsaturated/α-hetero) is 1. The van der Waals surface area contributed by atoms with Gasteiger partial charge in [0.2, 0.25) is 0 Å². The van der Waals surface area contributed by atoms with Gasteiger partial charge in [0.25, 0.3) is 5.56 Å². The Hall–Kier alpha value is -2.18.